The quantitative estimate of drug-likeness (QED) is 0.807. The van der Waals surface area contributed by atoms with Crippen LogP contribution >= 0.6 is 0 Å². The van der Waals surface area contributed by atoms with Crippen LogP contribution in [0.4, 0.5) is 0 Å². The Morgan fingerprint density at radius 1 is 1.32 bits per heavy atom. The maximum absolute atomic E-state index is 6.02. The number of hydrogen-bond donors (Lipinski definition) is 1. The molecule has 1 fully saturated rings. The van der Waals surface area contributed by atoms with Gasteiger partial charge in [0.05, 0.1) is 23.9 Å². The minimum absolute atomic E-state index is 0.270. The highest BCUT2D eigenvalue weighted by atomic mass is 16.5. The summed E-state index contributed by atoms with van der Waals surface area (Å²) in [6.07, 6.45) is 6.36. The van der Waals surface area contributed by atoms with Crippen LogP contribution in [0.1, 0.15) is 45.4 Å². The van der Waals surface area contributed by atoms with Gasteiger partial charge in [-0.05, 0) is 38.7 Å². The van der Waals surface area contributed by atoms with Gasteiger partial charge in [-0.25, -0.2) is 4.98 Å². The zero-order chi connectivity index (χ0) is 15.3. The minimum Gasteiger partial charge on any atom is -0.376 e. The van der Waals surface area contributed by atoms with E-state index in [4.69, 9.17) is 4.74 Å². The lowest BCUT2D eigenvalue weighted by molar-refractivity contribution is 0.0101. The van der Waals surface area contributed by atoms with Crippen molar-refractivity contribution in [3.8, 4) is 0 Å². The SMILES string of the molecule is CC(C)OC1CC(C)C(c2nnc3cnc4[nH]ccc4n23)C1. The van der Waals surface area contributed by atoms with Crippen LogP contribution in [0.25, 0.3) is 16.8 Å². The van der Waals surface area contributed by atoms with Gasteiger partial charge in [0.15, 0.2) is 11.3 Å². The Kier molecular flexibility index (Phi) is 3.14. The summed E-state index contributed by atoms with van der Waals surface area (Å²) in [6.45, 7) is 6.48. The standard InChI is InChI=1S/C16H21N5O/c1-9(2)22-11-6-10(3)12(7-11)16-20-19-14-8-18-15-13(21(14)16)4-5-17-15/h4-5,8-12,17H,6-7H2,1-3H3. The van der Waals surface area contributed by atoms with E-state index < -0.39 is 0 Å². The van der Waals surface area contributed by atoms with Crippen LogP contribution in [0.15, 0.2) is 18.5 Å². The van der Waals surface area contributed by atoms with Crippen molar-refractivity contribution in [1.82, 2.24) is 24.6 Å². The number of rotatable bonds is 3. The fourth-order valence-electron chi connectivity index (χ4n) is 3.68. The lowest BCUT2D eigenvalue weighted by Crippen LogP contribution is -2.14. The van der Waals surface area contributed by atoms with Gasteiger partial charge in [0.25, 0.3) is 0 Å². The van der Waals surface area contributed by atoms with E-state index in [9.17, 15) is 0 Å². The van der Waals surface area contributed by atoms with Crippen LogP contribution in [0, 0.1) is 5.92 Å². The molecule has 1 aliphatic carbocycles. The number of H-pyrrole nitrogens is 1. The van der Waals surface area contributed by atoms with E-state index in [0.29, 0.717) is 17.9 Å². The summed E-state index contributed by atoms with van der Waals surface area (Å²) in [6, 6.07) is 2.03. The molecule has 0 aromatic carbocycles. The smallest absolute Gasteiger partial charge is 0.179 e. The summed E-state index contributed by atoms with van der Waals surface area (Å²) in [7, 11) is 0. The number of nitrogens with one attached hydrogen (secondary N) is 1. The molecule has 6 nitrogen and oxygen atoms in total. The molecule has 0 spiro atoms. The minimum atomic E-state index is 0.270. The molecule has 1 aliphatic rings. The van der Waals surface area contributed by atoms with Crippen molar-refractivity contribution in [3.05, 3.63) is 24.3 Å². The molecule has 3 heterocycles. The molecule has 0 radical (unpaired) electrons. The Hall–Kier alpha value is -1.95. The van der Waals surface area contributed by atoms with Crippen LogP contribution in [0.5, 0.6) is 0 Å². The Labute approximate surface area is 128 Å². The molecule has 116 valence electrons. The van der Waals surface area contributed by atoms with Gasteiger partial charge < -0.3 is 9.72 Å². The van der Waals surface area contributed by atoms with E-state index >= 15 is 0 Å². The molecule has 4 rings (SSSR count). The number of fused-ring (bicyclic) bond motifs is 3. The lowest BCUT2D eigenvalue weighted by atomic mass is 9.97. The van der Waals surface area contributed by atoms with Crippen LogP contribution in [0.3, 0.4) is 0 Å². The van der Waals surface area contributed by atoms with Gasteiger partial charge in [-0.3, -0.25) is 4.40 Å². The third-order valence-electron chi connectivity index (χ3n) is 4.60. The highest BCUT2D eigenvalue weighted by Gasteiger charge is 2.36. The van der Waals surface area contributed by atoms with Crippen molar-refractivity contribution in [1.29, 1.82) is 0 Å². The van der Waals surface area contributed by atoms with E-state index in [1.807, 2.05) is 12.3 Å². The van der Waals surface area contributed by atoms with Crippen molar-refractivity contribution in [2.75, 3.05) is 0 Å². The van der Waals surface area contributed by atoms with Crippen LogP contribution in [-0.2, 0) is 4.74 Å². The third-order valence-corrected chi connectivity index (χ3v) is 4.60. The van der Waals surface area contributed by atoms with Crippen LogP contribution < -0.4 is 0 Å². The first-order valence-corrected chi connectivity index (χ1v) is 7.96. The van der Waals surface area contributed by atoms with Gasteiger partial charge in [0.2, 0.25) is 0 Å². The van der Waals surface area contributed by atoms with E-state index in [1.54, 1.807) is 6.20 Å². The fraction of sp³-hybridized carbons (Fsp3) is 0.562. The molecule has 3 unspecified atom stereocenters. The van der Waals surface area contributed by atoms with Gasteiger partial charge >= 0.3 is 0 Å². The molecule has 0 bridgehead atoms. The highest BCUT2D eigenvalue weighted by molar-refractivity contribution is 5.74. The molecule has 6 heteroatoms. The van der Waals surface area contributed by atoms with E-state index in [-0.39, 0.29) is 6.10 Å². The summed E-state index contributed by atoms with van der Waals surface area (Å²) in [4.78, 5) is 7.53. The zero-order valence-electron chi connectivity index (χ0n) is 13.2. The first-order chi connectivity index (χ1) is 10.6. The molecule has 1 saturated carbocycles. The predicted octanol–water partition coefficient (Wildman–Crippen LogP) is 2.91. The third kappa shape index (κ3) is 2.09. The Morgan fingerprint density at radius 3 is 3.00 bits per heavy atom. The maximum Gasteiger partial charge on any atom is 0.179 e. The summed E-state index contributed by atoms with van der Waals surface area (Å²) in [5, 5.41) is 8.78. The van der Waals surface area contributed by atoms with Gasteiger partial charge in [0.1, 0.15) is 5.82 Å². The van der Waals surface area contributed by atoms with Crippen molar-refractivity contribution < 1.29 is 4.74 Å². The normalized spacial score (nSPS) is 25.7. The second-order valence-electron chi connectivity index (χ2n) is 6.58. The average Bonchev–Trinajstić information content (AvgIpc) is 3.14. The largest absolute Gasteiger partial charge is 0.376 e. The Balaban J connectivity index is 1.76. The molecule has 0 saturated heterocycles. The maximum atomic E-state index is 6.02. The summed E-state index contributed by atoms with van der Waals surface area (Å²) >= 11 is 0. The number of aromatic amines is 1. The predicted molar refractivity (Wildman–Crippen MR) is 83.8 cm³/mol. The van der Waals surface area contributed by atoms with Crippen LogP contribution in [-0.4, -0.2) is 36.8 Å². The fourth-order valence-corrected chi connectivity index (χ4v) is 3.68. The van der Waals surface area contributed by atoms with Gasteiger partial charge in [-0.1, -0.05) is 6.92 Å². The first-order valence-electron chi connectivity index (χ1n) is 7.96. The molecular formula is C16H21N5O. The first kappa shape index (κ1) is 13.7. The number of ether oxygens (including phenoxy) is 1. The molecule has 3 aromatic heterocycles. The average molecular weight is 299 g/mol. The molecule has 0 amide bonds. The Bertz CT molecular complexity index is 805. The van der Waals surface area contributed by atoms with Gasteiger partial charge in [0, 0.05) is 12.1 Å². The van der Waals surface area contributed by atoms with Crippen molar-refractivity contribution >= 4 is 16.8 Å². The topological polar surface area (TPSA) is 68.1 Å². The number of nitrogens with zero attached hydrogens (tertiary/aromatic N) is 4. The lowest BCUT2D eigenvalue weighted by Gasteiger charge is -2.15. The van der Waals surface area contributed by atoms with E-state index in [1.165, 1.54) is 0 Å². The van der Waals surface area contributed by atoms with Crippen molar-refractivity contribution in [2.24, 2.45) is 5.92 Å². The molecule has 0 aliphatic heterocycles. The zero-order valence-corrected chi connectivity index (χ0v) is 13.2. The van der Waals surface area contributed by atoms with Crippen molar-refractivity contribution in [2.45, 2.75) is 51.7 Å². The van der Waals surface area contributed by atoms with E-state index in [2.05, 4.69) is 45.3 Å². The Morgan fingerprint density at radius 2 is 2.18 bits per heavy atom. The summed E-state index contributed by atoms with van der Waals surface area (Å²) in [5.74, 6) is 1.95. The van der Waals surface area contributed by atoms with Gasteiger partial charge in [-0.2, -0.15) is 0 Å². The van der Waals surface area contributed by atoms with Gasteiger partial charge in [-0.15, -0.1) is 10.2 Å². The molecule has 3 atom stereocenters. The molecular weight excluding hydrogens is 278 g/mol. The summed E-state index contributed by atoms with van der Waals surface area (Å²) in [5.41, 5.74) is 2.72. The van der Waals surface area contributed by atoms with E-state index in [0.717, 1.165) is 35.5 Å². The number of aromatic nitrogens is 5. The van der Waals surface area contributed by atoms with Crippen LogP contribution in [0.2, 0.25) is 0 Å². The number of hydrogen-bond acceptors (Lipinski definition) is 4. The monoisotopic (exact) mass is 299 g/mol. The highest BCUT2D eigenvalue weighted by Crippen LogP contribution is 2.40. The summed E-state index contributed by atoms with van der Waals surface area (Å²) < 4.78 is 8.16. The molecule has 3 aromatic rings. The van der Waals surface area contributed by atoms with Crippen molar-refractivity contribution in [3.63, 3.8) is 0 Å². The molecule has 22 heavy (non-hydrogen) atoms. The second kappa shape index (κ2) is 5.05. The molecule has 1 N–H and O–H groups in total. The second-order valence-corrected chi connectivity index (χ2v) is 6.58.